The number of rotatable bonds is 7. The van der Waals surface area contributed by atoms with Crippen LogP contribution in [0, 0.1) is 5.92 Å². The van der Waals surface area contributed by atoms with Crippen LogP contribution in [0.25, 0.3) is 0 Å². The van der Waals surface area contributed by atoms with Crippen LogP contribution in [0.2, 0.25) is 0 Å². The quantitative estimate of drug-likeness (QED) is 0.793. The number of hydrogen-bond donors (Lipinski definition) is 2. The summed E-state index contributed by atoms with van der Waals surface area (Å²) in [5.41, 5.74) is 7.04. The van der Waals surface area contributed by atoms with E-state index in [2.05, 4.69) is 19.2 Å². The second-order valence-corrected chi connectivity index (χ2v) is 5.68. The molecule has 0 aromatic heterocycles. The van der Waals surface area contributed by atoms with E-state index in [0.717, 1.165) is 18.4 Å². The summed E-state index contributed by atoms with van der Waals surface area (Å²) in [6, 6.07) is 9.60. The first-order valence-corrected chi connectivity index (χ1v) is 7.09. The van der Waals surface area contributed by atoms with E-state index in [4.69, 9.17) is 5.73 Å². The highest BCUT2D eigenvalue weighted by Gasteiger charge is 2.16. The molecule has 1 rings (SSSR count). The van der Waals surface area contributed by atoms with Gasteiger partial charge in [-0.1, -0.05) is 44.2 Å². The number of carbonyl (C=O) groups is 1. The largest absolute Gasteiger partial charge is 0.352 e. The van der Waals surface area contributed by atoms with Gasteiger partial charge in [-0.3, -0.25) is 4.79 Å². The fourth-order valence-corrected chi connectivity index (χ4v) is 1.97. The van der Waals surface area contributed by atoms with Crippen molar-refractivity contribution < 1.29 is 4.79 Å². The van der Waals surface area contributed by atoms with Crippen LogP contribution in [0.3, 0.4) is 0 Å². The Morgan fingerprint density at radius 1 is 1.16 bits per heavy atom. The van der Waals surface area contributed by atoms with Crippen molar-refractivity contribution in [3.8, 4) is 0 Å². The Morgan fingerprint density at radius 2 is 1.79 bits per heavy atom. The first-order valence-electron chi connectivity index (χ1n) is 7.09. The van der Waals surface area contributed by atoms with Crippen molar-refractivity contribution in [3.63, 3.8) is 0 Å². The van der Waals surface area contributed by atoms with Gasteiger partial charge in [0.1, 0.15) is 0 Å². The number of amides is 1. The SMILES string of the molecule is CC(C)CCC(C)NC(=O)[C@H](N)Cc1ccccc1. The smallest absolute Gasteiger partial charge is 0.237 e. The Balaban J connectivity index is 2.36. The summed E-state index contributed by atoms with van der Waals surface area (Å²) in [5, 5.41) is 2.99. The maximum absolute atomic E-state index is 12.0. The van der Waals surface area contributed by atoms with Crippen LogP contribution in [0.1, 0.15) is 39.2 Å². The predicted molar refractivity (Wildman–Crippen MR) is 79.8 cm³/mol. The van der Waals surface area contributed by atoms with E-state index in [0.29, 0.717) is 12.3 Å². The van der Waals surface area contributed by atoms with Gasteiger partial charge in [-0.15, -0.1) is 0 Å². The lowest BCUT2D eigenvalue weighted by Crippen LogP contribution is -2.45. The Morgan fingerprint density at radius 3 is 2.37 bits per heavy atom. The molecule has 3 N–H and O–H groups in total. The van der Waals surface area contributed by atoms with E-state index in [-0.39, 0.29) is 11.9 Å². The highest BCUT2D eigenvalue weighted by atomic mass is 16.2. The topological polar surface area (TPSA) is 55.1 Å². The van der Waals surface area contributed by atoms with Gasteiger partial charge < -0.3 is 11.1 Å². The van der Waals surface area contributed by atoms with Crippen LogP contribution >= 0.6 is 0 Å². The first kappa shape index (κ1) is 15.7. The fourth-order valence-electron chi connectivity index (χ4n) is 1.97. The van der Waals surface area contributed by atoms with Gasteiger partial charge in [0, 0.05) is 6.04 Å². The molecule has 3 nitrogen and oxygen atoms in total. The van der Waals surface area contributed by atoms with Crippen LogP contribution in [-0.4, -0.2) is 18.0 Å². The molecule has 0 bridgehead atoms. The summed E-state index contributed by atoms with van der Waals surface area (Å²) in [4.78, 5) is 12.0. The zero-order chi connectivity index (χ0) is 14.3. The van der Waals surface area contributed by atoms with Crippen LogP contribution in [0.4, 0.5) is 0 Å². The van der Waals surface area contributed by atoms with Gasteiger partial charge in [-0.25, -0.2) is 0 Å². The van der Waals surface area contributed by atoms with Crippen LogP contribution < -0.4 is 11.1 Å². The molecule has 3 heteroatoms. The lowest BCUT2D eigenvalue weighted by Gasteiger charge is -2.18. The average Bonchev–Trinajstić information content (AvgIpc) is 2.37. The molecule has 0 aliphatic rings. The van der Waals surface area contributed by atoms with E-state index in [1.165, 1.54) is 0 Å². The second-order valence-electron chi connectivity index (χ2n) is 5.68. The number of benzene rings is 1. The Bertz CT molecular complexity index is 376. The monoisotopic (exact) mass is 262 g/mol. The molecule has 0 aliphatic carbocycles. The molecule has 2 atom stereocenters. The maximum Gasteiger partial charge on any atom is 0.237 e. The molecule has 0 heterocycles. The molecule has 1 amide bonds. The van der Waals surface area contributed by atoms with Gasteiger partial charge in [0.2, 0.25) is 5.91 Å². The molecular formula is C16H26N2O. The molecule has 19 heavy (non-hydrogen) atoms. The average molecular weight is 262 g/mol. The third-order valence-electron chi connectivity index (χ3n) is 3.20. The lowest BCUT2D eigenvalue weighted by molar-refractivity contribution is -0.123. The van der Waals surface area contributed by atoms with Crippen molar-refractivity contribution >= 4 is 5.91 Å². The van der Waals surface area contributed by atoms with Gasteiger partial charge in [-0.05, 0) is 37.7 Å². The van der Waals surface area contributed by atoms with E-state index >= 15 is 0 Å². The van der Waals surface area contributed by atoms with E-state index in [1.807, 2.05) is 37.3 Å². The van der Waals surface area contributed by atoms with Gasteiger partial charge in [0.25, 0.3) is 0 Å². The summed E-state index contributed by atoms with van der Waals surface area (Å²) < 4.78 is 0. The third-order valence-corrected chi connectivity index (χ3v) is 3.20. The standard InChI is InChI=1S/C16H26N2O/c1-12(2)9-10-13(3)18-16(19)15(17)11-14-7-5-4-6-8-14/h4-8,12-13,15H,9-11,17H2,1-3H3,(H,18,19)/t13?,15-/m1/s1. The second kappa shape index (κ2) is 7.95. The summed E-state index contributed by atoms with van der Waals surface area (Å²) in [6.07, 6.45) is 2.71. The predicted octanol–water partition coefficient (Wildman–Crippen LogP) is 2.50. The van der Waals surface area contributed by atoms with Gasteiger partial charge in [0.05, 0.1) is 6.04 Å². The van der Waals surface area contributed by atoms with E-state index in [9.17, 15) is 4.79 Å². The molecule has 1 aromatic rings. The van der Waals surface area contributed by atoms with Crippen molar-refractivity contribution in [3.05, 3.63) is 35.9 Å². The van der Waals surface area contributed by atoms with Crippen molar-refractivity contribution in [1.82, 2.24) is 5.32 Å². The van der Waals surface area contributed by atoms with Crippen molar-refractivity contribution in [2.24, 2.45) is 11.7 Å². The molecule has 0 spiro atoms. The summed E-state index contributed by atoms with van der Waals surface area (Å²) in [7, 11) is 0. The molecule has 0 saturated carbocycles. The summed E-state index contributed by atoms with van der Waals surface area (Å²) >= 11 is 0. The van der Waals surface area contributed by atoms with Crippen molar-refractivity contribution in [1.29, 1.82) is 0 Å². The van der Waals surface area contributed by atoms with Crippen LogP contribution in [0.5, 0.6) is 0 Å². The lowest BCUT2D eigenvalue weighted by atomic mass is 10.0. The molecule has 106 valence electrons. The molecule has 1 unspecified atom stereocenters. The first-order chi connectivity index (χ1) is 8.99. The number of nitrogens with one attached hydrogen (secondary N) is 1. The molecule has 0 saturated heterocycles. The third kappa shape index (κ3) is 6.39. The zero-order valence-corrected chi connectivity index (χ0v) is 12.2. The molecule has 1 aromatic carbocycles. The Labute approximate surface area is 116 Å². The molecular weight excluding hydrogens is 236 g/mol. The minimum atomic E-state index is -0.469. The van der Waals surface area contributed by atoms with Gasteiger partial charge in [-0.2, -0.15) is 0 Å². The number of hydrogen-bond acceptors (Lipinski definition) is 2. The normalized spacial score (nSPS) is 14.2. The van der Waals surface area contributed by atoms with Gasteiger partial charge in [0.15, 0.2) is 0 Å². The zero-order valence-electron chi connectivity index (χ0n) is 12.2. The minimum Gasteiger partial charge on any atom is -0.352 e. The summed E-state index contributed by atoms with van der Waals surface area (Å²) in [6.45, 7) is 6.42. The van der Waals surface area contributed by atoms with E-state index < -0.39 is 6.04 Å². The highest BCUT2D eigenvalue weighted by Crippen LogP contribution is 2.07. The molecule has 0 radical (unpaired) electrons. The summed E-state index contributed by atoms with van der Waals surface area (Å²) in [5.74, 6) is 0.609. The Hall–Kier alpha value is -1.35. The molecule has 0 aliphatic heterocycles. The number of carbonyl (C=O) groups excluding carboxylic acids is 1. The van der Waals surface area contributed by atoms with Crippen LogP contribution in [-0.2, 0) is 11.2 Å². The Kier molecular flexibility index (Phi) is 6.57. The fraction of sp³-hybridized carbons (Fsp3) is 0.562. The molecule has 0 fully saturated rings. The number of nitrogens with two attached hydrogens (primary N) is 1. The maximum atomic E-state index is 12.0. The van der Waals surface area contributed by atoms with Crippen molar-refractivity contribution in [2.75, 3.05) is 0 Å². The van der Waals surface area contributed by atoms with Crippen LogP contribution in [0.15, 0.2) is 30.3 Å². The highest BCUT2D eigenvalue weighted by molar-refractivity contribution is 5.82. The van der Waals surface area contributed by atoms with Crippen molar-refractivity contribution in [2.45, 2.75) is 52.1 Å². The van der Waals surface area contributed by atoms with Gasteiger partial charge >= 0.3 is 0 Å². The van der Waals surface area contributed by atoms with E-state index in [1.54, 1.807) is 0 Å². The minimum absolute atomic E-state index is 0.0555.